The van der Waals surface area contributed by atoms with Gasteiger partial charge in [0.1, 0.15) is 12.6 Å². The molecule has 0 aliphatic carbocycles. The molecular weight excluding hydrogens is 300 g/mol. The molecular formula is C20H26N2O2. The van der Waals surface area contributed by atoms with Crippen molar-refractivity contribution in [3.63, 3.8) is 0 Å². The summed E-state index contributed by atoms with van der Waals surface area (Å²) in [5.74, 6) is -0.202. The maximum Gasteiger partial charge on any atom is 0.323 e. The van der Waals surface area contributed by atoms with Crippen molar-refractivity contribution in [3.05, 3.63) is 71.8 Å². The molecule has 0 aromatic heterocycles. The summed E-state index contributed by atoms with van der Waals surface area (Å²) < 4.78 is 5.48. The summed E-state index contributed by atoms with van der Waals surface area (Å²) in [4.78, 5) is 12.4. The lowest BCUT2D eigenvalue weighted by Crippen LogP contribution is -2.37. The molecule has 0 bridgehead atoms. The molecule has 0 saturated heterocycles. The molecule has 0 saturated carbocycles. The second kappa shape index (κ2) is 10.6. The molecule has 0 heterocycles. The Morgan fingerprint density at radius 1 is 0.958 bits per heavy atom. The van der Waals surface area contributed by atoms with Crippen molar-refractivity contribution in [2.24, 2.45) is 5.73 Å². The first-order valence-electron chi connectivity index (χ1n) is 8.47. The Morgan fingerprint density at radius 3 is 2.21 bits per heavy atom. The Kier molecular flexibility index (Phi) is 8.01. The molecule has 128 valence electrons. The molecule has 1 atom stereocenters. The molecule has 3 N–H and O–H groups in total. The fraction of sp³-hybridized carbons (Fsp3) is 0.350. The van der Waals surface area contributed by atoms with Gasteiger partial charge in [-0.2, -0.15) is 0 Å². The fourth-order valence-electron chi connectivity index (χ4n) is 2.46. The van der Waals surface area contributed by atoms with E-state index in [1.165, 1.54) is 0 Å². The normalized spacial score (nSPS) is 11.9. The Morgan fingerprint density at radius 2 is 1.58 bits per heavy atom. The maximum atomic E-state index is 12.4. The van der Waals surface area contributed by atoms with E-state index in [1.807, 2.05) is 60.7 Å². The predicted molar refractivity (Wildman–Crippen MR) is 96.2 cm³/mol. The second-order valence-electron chi connectivity index (χ2n) is 5.80. The van der Waals surface area contributed by atoms with Gasteiger partial charge in [-0.05, 0) is 30.5 Å². The molecule has 0 aliphatic rings. The molecule has 2 aromatic rings. The first-order chi connectivity index (χ1) is 11.8. The fourth-order valence-corrected chi connectivity index (χ4v) is 2.46. The van der Waals surface area contributed by atoms with E-state index in [9.17, 15) is 4.79 Å². The van der Waals surface area contributed by atoms with Gasteiger partial charge in [-0.1, -0.05) is 67.1 Å². The van der Waals surface area contributed by atoms with E-state index in [2.05, 4.69) is 5.32 Å². The lowest BCUT2D eigenvalue weighted by atomic mass is 10.1. The molecule has 2 rings (SSSR count). The van der Waals surface area contributed by atoms with Crippen LogP contribution in [0.3, 0.4) is 0 Å². The molecule has 24 heavy (non-hydrogen) atoms. The van der Waals surface area contributed by atoms with Gasteiger partial charge in [-0.3, -0.25) is 4.79 Å². The Balaban J connectivity index is 1.87. The van der Waals surface area contributed by atoms with Crippen molar-refractivity contribution < 1.29 is 9.53 Å². The number of rotatable bonds is 10. The lowest BCUT2D eigenvalue weighted by Gasteiger charge is -2.18. The third-order valence-corrected chi connectivity index (χ3v) is 3.85. The van der Waals surface area contributed by atoms with Crippen molar-refractivity contribution >= 4 is 5.97 Å². The quantitative estimate of drug-likeness (QED) is 0.520. The minimum Gasteiger partial charge on any atom is -0.460 e. The summed E-state index contributed by atoms with van der Waals surface area (Å²) >= 11 is 0. The third kappa shape index (κ3) is 6.52. The standard InChI is InChI=1S/C20H26N2O2/c21-14-8-7-13-19(22-15-17-9-3-1-4-10-17)20(23)24-16-18-11-5-2-6-12-18/h1-6,9-12,19,22H,7-8,13-16,21H2. The van der Waals surface area contributed by atoms with Gasteiger partial charge in [0.25, 0.3) is 0 Å². The Labute approximate surface area is 144 Å². The molecule has 1 unspecified atom stereocenters. The molecule has 0 aliphatic heterocycles. The highest BCUT2D eigenvalue weighted by molar-refractivity contribution is 5.75. The number of nitrogens with one attached hydrogen (secondary N) is 1. The number of carbonyl (C=O) groups is 1. The third-order valence-electron chi connectivity index (χ3n) is 3.85. The van der Waals surface area contributed by atoms with Crippen molar-refractivity contribution in [2.45, 2.75) is 38.5 Å². The summed E-state index contributed by atoms with van der Waals surface area (Å²) in [6, 6.07) is 19.5. The van der Waals surface area contributed by atoms with Gasteiger partial charge in [0.15, 0.2) is 0 Å². The van der Waals surface area contributed by atoms with Crippen LogP contribution in [0.2, 0.25) is 0 Å². The van der Waals surface area contributed by atoms with E-state index in [0.29, 0.717) is 19.7 Å². The number of nitrogens with two attached hydrogens (primary N) is 1. The zero-order chi connectivity index (χ0) is 17.0. The molecule has 4 nitrogen and oxygen atoms in total. The number of ether oxygens (including phenoxy) is 1. The topological polar surface area (TPSA) is 64.3 Å². The summed E-state index contributed by atoms with van der Waals surface area (Å²) in [6.07, 6.45) is 2.55. The van der Waals surface area contributed by atoms with Gasteiger partial charge < -0.3 is 15.8 Å². The van der Waals surface area contributed by atoms with Crippen LogP contribution in [0.15, 0.2) is 60.7 Å². The van der Waals surface area contributed by atoms with Gasteiger partial charge in [0.2, 0.25) is 0 Å². The van der Waals surface area contributed by atoms with Crippen LogP contribution in [0.1, 0.15) is 30.4 Å². The van der Waals surface area contributed by atoms with Crippen LogP contribution in [0, 0.1) is 0 Å². The van der Waals surface area contributed by atoms with Crippen molar-refractivity contribution in [3.8, 4) is 0 Å². The Hall–Kier alpha value is -2.17. The van der Waals surface area contributed by atoms with Crippen LogP contribution in [-0.4, -0.2) is 18.6 Å². The number of carbonyl (C=O) groups excluding carboxylic acids is 1. The van der Waals surface area contributed by atoms with Crippen LogP contribution in [0.5, 0.6) is 0 Å². The average Bonchev–Trinajstić information content (AvgIpc) is 2.64. The van der Waals surface area contributed by atoms with Crippen LogP contribution >= 0.6 is 0 Å². The molecule has 0 spiro atoms. The van der Waals surface area contributed by atoms with Gasteiger partial charge in [-0.25, -0.2) is 0 Å². The highest BCUT2D eigenvalue weighted by atomic mass is 16.5. The van der Waals surface area contributed by atoms with Crippen molar-refractivity contribution in [1.29, 1.82) is 0 Å². The monoisotopic (exact) mass is 326 g/mol. The zero-order valence-corrected chi connectivity index (χ0v) is 14.0. The number of benzene rings is 2. The summed E-state index contributed by atoms with van der Waals surface area (Å²) in [7, 11) is 0. The first kappa shape index (κ1) is 18.2. The summed E-state index contributed by atoms with van der Waals surface area (Å²) in [6.45, 7) is 1.60. The zero-order valence-electron chi connectivity index (χ0n) is 14.0. The number of unbranched alkanes of at least 4 members (excludes halogenated alkanes) is 1. The van der Waals surface area contributed by atoms with Gasteiger partial charge in [0, 0.05) is 6.54 Å². The lowest BCUT2D eigenvalue weighted by molar-refractivity contribution is -0.147. The predicted octanol–water partition coefficient (Wildman–Crippen LogP) is 3.02. The number of hydrogen-bond donors (Lipinski definition) is 2. The van der Waals surface area contributed by atoms with E-state index in [1.54, 1.807) is 0 Å². The second-order valence-corrected chi connectivity index (χ2v) is 5.80. The van der Waals surface area contributed by atoms with Gasteiger partial charge in [-0.15, -0.1) is 0 Å². The van der Waals surface area contributed by atoms with Gasteiger partial charge >= 0.3 is 5.97 Å². The van der Waals surface area contributed by atoms with Crippen LogP contribution in [0.4, 0.5) is 0 Å². The minimum atomic E-state index is -0.305. The van der Waals surface area contributed by atoms with E-state index >= 15 is 0 Å². The molecule has 4 heteroatoms. The number of esters is 1. The van der Waals surface area contributed by atoms with Crippen LogP contribution in [0.25, 0.3) is 0 Å². The van der Waals surface area contributed by atoms with E-state index in [0.717, 1.165) is 30.4 Å². The first-order valence-corrected chi connectivity index (χ1v) is 8.47. The van der Waals surface area contributed by atoms with Crippen LogP contribution < -0.4 is 11.1 Å². The van der Waals surface area contributed by atoms with Crippen molar-refractivity contribution in [2.75, 3.05) is 6.54 Å². The minimum absolute atomic E-state index is 0.202. The van der Waals surface area contributed by atoms with Crippen LogP contribution in [-0.2, 0) is 22.7 Å². The molecule has 0 fully saturated rings. The van der Waals surface area contributed by atoms with Crippen molar-refractivity contribution in [1.82, 2.24) is 5.32 Å². The summed E-state index contributed by atoms with van der Waals surface area (Å²) in [5, 5.41) is 3.32. The SMILES string of the molecule is NCCCCC(NCc1ccccc1)C(=O)OCc1ccccc1. The highest BCUT2D eigenvalue weighted by Gasteiger charge is 2.19. The highest BCUT2D eigenvalue weighted by Crippen LogP contribution is 2.08. The average molecular weight is 326 g/mol. The maximum absolute atomic E-state index is 12.4. The van der Waals surface area contributed by atoms with E-state index in [4.69, 9.17) is 10.5 Å². The largest absolute Gasteiger partial charge is 0.460 e. The Bertz CT molecular complexity index is 587. The molecule has 0 radical (unpaired) electrons. The van der Waals surface area contributed by atoms with E-state index < -0.39 is 0 Å². The molecule has 2 aromatic carbocycles. The van der Waals surface area contributed by atoms with Gasteiger partial charge in [0.05, 0.1) is 0 Å². The summed E-state index contributed by atoms with van der Waals surface area (Å²) in [5.41, 5.74) is 7.70. The molecule has 0 amide bonds. The van der Waals surface area contributed by atoms with E-state index in [-0.39, 0.29) is 12.0 Å². The number of hydrogen-bond acceptors (Lipinski definition) is 4. The smallest absolute Gasteiger partial charge is 0.323 e.